The molecule has 140 valence electrons. The molecule has 3 heterocycles. The van der Waals surface area contributed by atoms with Crippen LogP contribution in [0.4, 0.5) is 13.2 Å². The van der Waals surface area contributed by atoms with Crippen molar-refractivity contribution in [1.29, 1.82) is 0 Å². The van der Waals surface area contributed by atoms with E-state index in [0.717, 1.165) is 36.5 Å². The molecule has 0 amide bonds. The number of nitrogens with zero attached hydrogens (tertiary/aromatic N) is 3. The lowest BCUT2D eigenvalue weighted by atomic mass is 10.1. The summed E-state index contributed by atoms with van der Waals surface area (Å²) in [5.74, 6) is 0. The number of aromatic amines is 1. The van der Waals surface area contributed by atoms with Crippen molar-refractivity contribution >= 4 is 0 Å². The van der Waals surface area contributed by atoms with Gasteiger partial charge in [-0.2, -0.15) is 13.2 Å². The molecule has 0 spiro atoms. The average Bonchev–Trinajstić information content (AvgIpc) is 2.98. The van der Waals surface area contributed by atoms with E-state index in [2.05, 4.69) is 15.0 Å². The van der Waals surface area contributed by atoms with Gasteiger partial charge in [0.25, 0.3) is 5.56 Å². The Balaban J connectivity index is 1.57. The molecule has 8 heteroatoms. The third-order valence-corrected chi connectivity index (χ3v) is 4.71. The van der Waals surface area contributed by atoms with Gasteiger partial charge in [0, 0.05) is 37.6 Å². The number of halogens is 3. The highest BCUT2D eigenvalue weighted by Crippen LogP contribution is 2.29. The van der Waals surface area contributed by atoms with Crippen LogP contribution in [0.15, 0.2) is 53.6 Å². The number of hydrogen-bond acceptors (Lipinski definition) is 3. The first kappa shape index (κ1) is 17.5. The fourth-order valence-electron chi connectivity index (χ4n) is 3.34. The van der Waals surface area contributed by atoms with Crippen molar-refractivity contribution in [3.05, 3.63) is 81.5 Å². The first-order chi connectivity index (χ1) is 12.9. The molecule has 4 rings (SSSR count). The largest absolute Gasteiger partial charge is 0.416 e. The van der Waals surface area contributed by atoms with E-state index >= 15 is 0 Å². The molecule has 0 radical (unpaired) electrons. The van der Waals surface area contributed by atoms with Crippen LogP contribution in [0.5, 0.6) is 0 Å². The van der Waals surface area contributed by atoms with Crippen LogP contribution in [-0.2, 0) is 25.7 Å². The van der Waals surface area contributed by atoms with Gasteiger partial charge in [-0.3, -0.25) is 19.8 Å². The van der Waals surface area contributed by atoms with Crippen LogP contribution in [0.3, 0.4) is 0 Å². The lowest BCUT2D eigenvalue weighted by Gasteiger charge is -2.25. The minimum Gasteiger partial charge on any atom is -0.293 e. The number of H-pyrrole nitrogens is 1. The second-order valence-corrected chi connectivity index (χ2v) is 6.58. The van der Waals surface area contributed by atoms with Crippen molar-refractivity contribution in [2.24, 2.45) is 0 Å². The normalized spacial score (nSPS) is 14.9. The van der Waals surface area contributed by atoms with Gasteiger partial charge in [0.1, 0.15) is 0 Å². The first-order valence-corrected chi connectivity index (χ1v) is 8.53. The van der Waals surface area contributed by atoms with Gasteiger partial charge in [-0.05, 0) is 42.3 Å². The molecule has 0 saturated heterocycles. The number of fused-ring (bicyclic) bond motifs is 1. The second kappa shape index (κ2) is 6.70. The highest BCUT2D eigenvalue weighted by Gasteiger charge is 2.30. The van der Waals surface area contributed by atoms with Crippen LogP contribution in [-0.4, -0.2) is 26.2 Å². The van der Waals surface area contributed by atoms with Crippen LogP contribution in [0.25, 0.3) is 5.69 Å². The van der Waals surface area contributed by atoms with Gasteiger partial charge in [-0.25, -0.2) is 4.68 Å². The number of pyridine rings is 1. The molecule has 5 nitrogen and oxygen atoms in total. The smallest absolute Gasteiger partial charge is 0.293 e. The summed E-state index contributed by atoms with van der Waals surface area (Å²) in [6.07, 6.45) is -0.269. The Bertz CT molecular complexity index is 991. The monoisotopic (exact) mass is 374 g/mol. The Hall–Kier alpha value is -2.87. The predicted molar refractivity (Wildman–Crippen MR) is 93.4 cm³/mol. The van der Waals surface area contributed by atoms with E-state index in [1.807, 2.05) is 18.3 Å². The molecular formula is C19H17F3N4O. The summed E-state index contributed by atoms with van der Waals surface area (Å²) >= 11 is 0. The molecule has 0 fully saturated rings. The number of alkyl halides is 3. The first-order valence-electron chi connectivity index (χ1n) is 8.53. The maximum Gasteiger partial charge on any atom is 0.416 e. The Kier molecular flexibility index (Phi) is 4.35. The summed E-state index contributed by atoms with van der Waals surface area (Å²) < 4.78 is 39.5. The standard InChI is InChI=1S/C19H17F3N4O/c20-19(21,22)14-3-5-15(6-4-14)26-18(27)16-7-9-25(12-17(16)24-26)11-13-2-1-8-23-10-13/h1-6,8,10,24H,7,9,11-12H2. The zero-order valence-electron chi connectivity index (χ0n) is 14.3. The second-order valence-electron chi connectivity index (χ2n) is 6.58. The Morgan fingerprint density at radius 3 is 2.59 bits per heavy atom. The van der Waals surface area contributed by atoms with E-state index in [-0.39, 0.29) is 5.56 Å². The van der Waals surface area contributed by atoms with Crippen molar-refractivity contribution in [2.75, 3.05) is 6.54 Å². The van der Waals surface area contributed by atoms with E-state index in [0.29, 0.717) is 24.2 Å². The predicted octanol–water partition coefficient (Wildman–Crippen LogP) is 3.14. The molecule has 0 saturated carbocycles. The molecule has 1 aromatic carbocycles. The third-order valence-electron chi connectivity index (χ3n) is 4.71. The summed E-state index contributed by atoms with van der Waals surface area (Å²) in [5, 5.41) is 3.06. The maximum atomic E-state index is 12.7. The molecule has 0 unspecified atom stereocenters. The molecule has 0 aliphatic carbocycles. The fourth-order valence-corrected chi connectivity index (χ4v) is 3.34. The van der Waals surface area contributed by atoms with Gasteiger partial charge >= 0.3 is 6.18 Å². The van der Waals surface area contributed by atoms with Gasteiger partial charge in [0.05, 0.1) is 16.9 Å². The Morgan fingerprint density at radius 1 is 1.15 bits per heavy atom. The number of rotatable bonds is 3. The van der Waals surface area contributed by atoms with E-state index in [4.69, 9.17) is 0 Å². The zero-order chi connectivity index (χ0) is 19.0. The van der Waals surface area contributed by atoms with E-state index in [1.165, 1.54) is 16.8 Å². The lowest BCUT2D eigenvalue weighted by molar-refractivity contribution is -0.137. The van der Waals surface area contributed by atoms with Crippen molar-refractivity contribution < 1.29 is 13.2 Å². The molecule has 3 aromatic rings. The topological polar surface area (TPSA) is 53.9 Å². The minimum absolute atomic E-state index is 0.203. The van der Waals surface area contributed by atoms with Crippen molar-refractivity contribution in [3.63, 3.8) is 0 Å². The van der Waals surface area contributed by atoms with Crippen LogP contribution < -0.4 is 5.56 Å². The molecule has 0 atom stereocenters. The molecule has 1 aliphatic heterocycles. The van der Waals surface area contributed by atoms with Crippen molar-refractivity contribution in [1.82, 2.24) is 19.7 Å². The summed E-state index contributed by atoms with van der Waals surface area (Å²) in [6, 6.07) is 8.46. The van der Waals surface area contributed by atoms with E-state index in [9.17, 15) is 18.0 Å². The quantitative estimate of drug-likeness (QED) is 0.766. The third kappa shape index (κ3) is 3.52. The van der Waals surface area contributed by atoms with E-state index in [1.54, 1.807) is 6.20 Å². The highest BCUT2D eigenvalue weighted by atomic mass is 19.4. The summed E-state index contributed by atoms with van der Waals surface area (Å²) in [6.45, 7) is 2.04. The fraction of sp³-hybridized carbons (Fsp3) is 0.263. The molecule has 27 heavy (non-hydrogen) atoms. The molecule has 0 bridgehead atoms. The molecule has 2 aromatic heterocycles. The maximum absolute atomic E-state index is 12.7. The number of aromatic nitrogens is 3. The number of nitrogens with one attached hydrogen (secondary N) is 1. The number of hydrogen-bond donors (Lipinski definition) is 1. The molecule has 1 N–H and O–H groups in total. The zero-order valence-corrected chi connectivity index (χ0v) is 14.3. The van der Waals surface area contributed by atoms with Gasteiger partial charge in [-0.1, -0.05) is 6.07 Å². The highest BCUT2D eigenvalue weighted by molar-refractivity contribution is 5.37. The van der Waals surface area contributed by atoms with Crippen LogP contribution in [0, 0.1) is 0 Å². The van der Waals surface area contributed by atoms with Gasteiger partial charge < -0.3 is 0 Å². The van der Waals surface area contributed by atoms with Gasteiger partial charge in [0.2, 0.25) is 0 Å². The van der Waals surface area contributed by atoms with Crippen molar-refractivity contribution in [3.8, 4) is 5.69 Å². The summed E-state index contributed by atoms with van der Waals surface area (Å²) in [7, 11) is 0. The average molecular weight is 374 g/mol. The lowest BCUT2D eigenvalue weighted by Crippen LogP contribution is -2.31. The van der Waals surface area contributed by atoms with Crippen LogP contribution in [0.2, 0.25) is 0 Å². The molecule has 1 aliphatic rings. The number of benzene rings is 1. The Labute approximate surface area is 153 Å². The molecular weight excluding hydrogens is 357 g/mol. The van der Waals surface area contributed by atoms with Crippen molar-refractivity contribution in [2.45, 2.75) is 25.7 Å². The van der Waals surface area contributed by atoms with Gasteiger partial charge in [0.15, 0.2) is 0 Å². The van der Waals surface area contributed by atoms with E-state index < -0.39 is 11.7 Å². The minimum atomic E-state index is -4.40. The Morgan fingerprint density at radius 2 is 1.93 bits per heavy atom. The van der Waals surface area contributed by atoms with Crippen LogP contribution >= 0.6 is 0 Å². The summed E-state index contributed by atoms with van der Waals surface area (Å²) in [4.78, 5) is 19.0. The van der Waals surface area contributed by atoms with Crippen LogP contribution in [0.1, 0.15) is 22.4 Å². The summed E-state index contributed by atoms with van der Waals surface area (Å²) in [5.41, 5.74) is 2.03. The van der Waals surface area contributed by atoms with Gasteiger partial charge in [-0.15, -0.1) is 0 Å². The SMILES string of the molecule is O=c1c2c([nH]n1-c1ccc(C(F)(F)F)cc1)CN(Cc1cccnc1)CC2.